The molecule has 1 aliphatic rings. The van der Waals surface area contributed by atoms with Crippen molar-refractivity contribution in [2.24, 2.45) is 0 Å². The maximum Gasteiger partial charge on any atom is 0.336 e. The van der Waals surface area contributed by atoms with Gasteiger partial charge in [-0.1, -0.05) is 0 Å². The average molecular weight is 334 g/mol. The first-order chi connectivity index (χ1) is 9.99. The molecule has 1 aliphatic heterocycles. The van der Waals surface area contributed by atoms with Crippen LogP contribution in [0.5, 0.6) is 0 Å². The van der Waals surface area contributed by atoms with Crippen LogP contribution >= 0.6 is 11.3 Å². The lowest BCUT2D eigenvalue weighted by molar-refractivity contribution is 0.0376. The highest BCUT2D eigenvalue weighted by atomic mass is 32.2. The van der Waals surface area contributed by atoms with Gasteiger partial charge in [0.2, 0.25) is 10.0 Å². The minimum Gasteiger partial charge on any atom is -0.478 e. The zero-order valence-corrected chi connectivity index (χ0v) is 13.1. The van der Waals surface area contributed by atoms with Gasteiger partial charge in [0.05, 0.1) is 18.8 Å². The molecule has 2 heterocycles. The van der Waals surface area contributed by atoms with Crippen LogP contribution in [0.4, 0.5) is 0 Å². The molecule has 0 bridgehead atoms. The van der Waals surface area contributed by atoms with E-state index in [0.717, 1.165) is 44.2 Å². The van der Waals surface area contributed by atoms with Crippen molar-refractivity contribution in [3.8, 4) is 0 Å². The van der Waals surface area contributed by atoms with E-state index in [9.17, 15) is 13.2 Å². The van der Waals surface area contributed by atoms with Crippen molar-refractivity contribution in [3.63, 3.8) is 0 Å². The number of ether oxygens (including phenoxy) is 1. The number of carbonyl (C=O) groups is 1. The van der Waals surface area contributed by atoms with Gasteiger partial charge in [0.1, 0.15) is 4.21 Å². The van der Waals surface area contributed by atoms with E-state index in [1.54, 1.807) is 0 Å². The van der Waals surface area contributed by atoms with E-state index in [0.29, 0.717) is 13.0 Å². The predicted octanol–water partition coefficient (Wildman–Crippen LogP) is 0.447. The lowest BCUT2D eigenvalue weighted by atomic mass is 10.3. The monoisotopic (exact) mass is 334 g/mol. The first kappa shape index (κ1) is 16.4. The number of sulfonamides is 1. The number of hydrogen-bond acceptors (Lipinski definition) is 6. The molecule has 0 radical (unpaired) electrons. The summed E-state index contributed by atoms with van der Waals surface area (Å²) in [6, 6.07) is 1.18. The topological polar surface area (TPSA) is 95.9 Å². The number of rotatable bonds is 7. The largest absolute Gasteiger partial charge is 0.478 e. The Morgan fingerprint density at radius 1 is 1.43 bits per heavy atom. The molecule has 118 valence electrons. The summed E-state index contributed by atoms with van der Waals surface area (Å²) in [5.74, 6) is -1.12. The van der Waals surface area contributed by atoms with Crippen molar-refractivity contribution < 1.29 is 23.1 Å². The molecule has 9 heteroatoms. The molecule has 0 aliphatic carbocycles. The smallest absolute Gasteiger partial charge is 0.336 e. The Bertz CT molecular complexity index is 578. The molecular weight excluding hydrogens is 316 g/mol. The molecule has 1 fully saturated rings. The van der Waals surface area contributed by atoms with Gasteiger partial charge in [-0.05, 0) is 19.0 Å². The van der Waals surface area contributed by atoms with Crippen LogP contribution in [0.3, 0.4) is 0 Å². The third kappa shape index (κ3) is 4.75. The van der Waals surface area contributed by atoms with Gasteiger partial charge in [0, 0.05) is 25.0 Å². The standard InChI is InChI=1S/C12H18N2O5S2/c15-12(16)10-8-11(20-9-10)21(17,18)13-2-1-3-14-4-6-19-7-5-14/h8-9,13H,1-7H2,(H,15,16). The summed E-state index contributed by atoms with van der Waals surface area (Å²) in [6.07, 6.45) is 0.705. The summed E-state index contributed by atoms with van der Waals surface area (Å²) < 4.78 is 31.8. The van der Waals surface area contributed by atoms with E-state index < -0.39 is 16.0 Å². The van der Waals surface area contributed by atoms with Gasteiger partial charge < -0.3 is 9.84 Å². The van der Waals surface area contributed by atoms with E-state index in [1.807, 2.05) is 0 Å². The molecule has 0 amide bonds. The molecule has 21 heavy (non-hydrogen) atoms. The van der Waals surface area contributed by atoms with Crippen LogP contribution in [-0.4, -0.2) is 63.8 Å². The fourth-order valence-corrected chi connectivity index (χ4v) is 4.25. The van der Waals surface area contributed by atoms with Gasteiger partial charge in [0.25, 0.3) is 0 Å². The highest BCUT2D eigenvalue weighted by molar-refractivity contribution is 7.91. The summed E-state index contributed by atoms with van der Waals surface area (Å²) in [5, 5.41) is 10.1. The second kappa shape index (κ2) is 7.32. The summed E-state index contributed by atoms with van der Waals surface area (Å²) in [7, 11) is -3.61. The molecule has 2 rings (SSSR count). The SMILES string of the molecule is O=C(O)c1csc(S(=O)(=O)NCCCN2CCOCC2)c1. The van der Waals surface area contributed by atoms with E-state index in [1.165, 1.54) is 11.4 Å². The predicted molar refractivity (Wildman–Crippen MR) is 78.3 cm³/mol. The highest BCUT2D eigenvalue weighted by Gasteiger charge is 2.18. The number of morpholine rings is 1. The fourth-order valence-electron chi connectivity index (χ4n) is 1.97. The quantitative estimate of drug-likeness (QED) is 0.703. The van der Waals surface area contributed by atoms with Gasteiger partial charge in [0.15, 0.2) is 0 Å². The van der Waals surface area contributed by atoms with Crippen molar-refractivity contribution in [3.05, 3.63) is 17.0 Å². The molecule has 2 N–H and O–H groups in total. The molecule has 0 unspecified atom stereocenters. The van der Waals surface area contributed by atoms with Crippen LogP contribution in [0.2, 0.25) is 0 Å². The number of carboxylic acid groups (broad SMARTS) is 1. The Morgan fingerprint density at radius 2 is 2.14 bits per heavy atom. The van der Waals surface area contributed by atoms with Crippen molar-refractivity contribution in [1.29, 1.82) is 0 Å². The summed E-state index contributed by atoms with van der Waals surface area (Å²) in [5.41, 5.74) is -0.00584. The zero-order chi connectivity index (χ0) is 15.3. The number of nitrogens with one attached hydrogen (secondary N) is 1. The normalized spacial score (nSPS) is 17.0. The molecule has 0 spiro atoms. The lowest BCUT2D eigenvalue weighted by Crippen LogP contribution is -2.38. The minimum absolute atomic E-state index is 0.00584. The molecule has 1 aromatic rings. The number of carboxylic acids is 1. The Hall–Kier alpha value is -1.00. The molecule has 0 aromatic carbocycles. The third-order valence-electron chi connectivity index (χ3n) is 3.13. The van der Waals surface area contributed by atoms with E-state index in [4.69, 9.17) is 9.84 Å². The maximum atomic E-state index is 12.0. The van der Waals surface area contributed by atoms with Gasteiger partial charge in [-0.2, -0.15) is 0 Å². The average Bonchev–Trinajstić information content (AvgIpc) is 2.96. The van der Waals surface area contributed by atoms with Crippen molar-refractivity contribution >= 4 is 27.3 Å². The van der Waals surface area contributed by atoms with Crippen LogP contribution in [0, 0.1) is 0 Å². The first-order valence-corrected chi connectivity index (χ1v) is 8.97. The van der Waals surface area contributed by atoms with Crippen molar-refractivity contribution in [2.45, 2.75) is 10.6 Å². The van der Waals surface area contributed by atoms with E-state index >= 15 is 0 Å². The van der Waals surface area contributed by atoms with Crippen LogP contribution < -0.4 is 4.72 Å². The molecule has 7 nitrogen and oxygen atoms in total. The second-order valence-electron chi connectivity index (χ2n) is 4.66. The number of hydrogen-bond donors (Lipinski definition) is 2. The minimum atomic E-state index is -3.61. The summed E-state index contributed by atoms with van der Waals surface area (Å²) in [4.78, 5) is 13.0. The van der Waals surface area contributed by atoms with Crippen LogP contribution in [0.15, 0.2) is 15.7 Å². The fraction of sp³-hybridized carbons (Fsp3) is 0.583. The molecule has 0 atom stereocenters. The Kier molecular flexibility index (Phi) is 5.71. The lowest BCUT2D eigenvalue weighted by Gasteiger charge is -2.26. The van der Waals surface area contributed by atoms with Gasteiger partial charge in [-0.25, -0.2) is 17.9 Å². The molecule has 1 aromatic heterocycles. The first-order valence-electron chi connectivity index (χ1n) is 6.60. The van der Waals surface area contributed by atoms with Crippen LogP contribution in [0.25, 0.3) is 0 Å². The Morgan fingerprint density at radius 3 is 2.76 bits per heavy atom. The van der Waals surface area contributed by atoms with Gasteiger partial charge in [-0.3, -0.25) is 4.90 Å². The second-order valence-corrected chi connectivity index (χ2v) is 7.57. The number of thiophene rings is 1. The third-order valence-corrected chi connectivity index (χ3v) is 6.03. The molecular formula is C12H18N2O5S2. The van der Waals surface area contributed by atoms with Crippen molar-refractivity contribution in [1.82, 2.24) is 9.62 Å². The molecule has 1 saturated heterocycles. The summed E-state index contributed by atoms with van der Waals surface area (Å²) >= 11 is 0.913. The Labute approximate surface area is 127 Å². The van der Waals surface area contributed by atoms with Crippen LogP contribution in [-0.2, 0) is 14.8 Å². The number of nitrogens with zero attached hydrogens (tertiary/aromatic N) is 1. The molecule has 0 saturated carbocycles. The van der Waals surface area contributed by atoms with Gasteiger partial charge in [-0.15, -0.1) is 11.3 Å². The van der Waals surface area contributed by atoms with Crippen molar-refractivity contribution in [2.75, 3.05) is 39.4 Å². The number of aromatic carboxylic acids is 1. The van der Waals surface area contributed by atoms with E-state index in [-0.39, 0.29) is 9.77 Å². The Balaban J connectivity index is 1.79. The highest BCUT2D eigenvalue weighted by Crippen LogP contribution is 2.19. The van der Waals surface area contributed by atoms with Gasteiger partial charge >= 0.3 is 5.97 Å². The van der Waals surface area contributed by atoms with E-state index in [2.05, 4.69) is 9.62 Å². The van der Waals surface area contributed by atoms with Crippen LogP contribution in [0.1, 0.15) is 16.8 Å². The zero-order valence-electron chi connectivity index (χ0n) is 11.4. The summed E-state index contributed by atoms with van der Waals surface area (Å²) in [6.45, 7) is 4.34. The maximum absolute atomic E-state index is 12.0.